The van der Waals surface area contributed by atoms with E-state index in [-0.39, 0.29) is 12.1 Å². The van der Waals surface area contributed by atoms with E-state index in [2.05, 4.69) is 143 Å². The summed E-state index contributed by atoms with van der Waals surface area (Å²) in [4.78, 5) is 5.34. The number of allylic oxidation sites excluding steroid dienone is 1. The van der Waals surface area contributed by atoms with Crippen molar-refractivity contribution in [3.05, 3.63) is 150 Å². The van der Waals surface area contributed by atoms with Crippen LogP contribution in [-0.2, 0) is 0 Å². The molecule has 41 heavy (non-hydrogen) atoms. The highest BCUT2D eigenvalue weighted by atomic mass is 15.3. The minimum Gasteiger partial charge on any atom is -0.331 e. The van der Waals surface area contributed by atoms with E-state index in [9.17, 15) is 0 Å². The van der Waals surface area contributed by atoms with Crippen molar-refractivity contribution >= 4 is 50.4 Å². The predicted molar refractivity (Wildman–Crippen MR) is 170 cm³/mol. The lowest BCUT2D eigenvalue weighted by atomic mass is 9.85. The van der Waals surface area contributed by atoms with Crippen molar-refractivity contribution in [2.75, 3.05) is 9.80 Å². The second kappa shape index (κ2) is 7.89. The van der Waals surface area contributed by atoms with Crippen LogP contribution in [0.1, 0.15) is 46.7 Å². The zero-order valence-corrected chi connectivity index (χ0v) is 22.6. The standard InChI is InChI=1S/C39H28N2/c1-2-13-26(14-3-1)40-37-31-22-21-25-23-32(25)35(31)28-16-6-7-17-29(28)36(37)39-38(40)30-18-8-9-19-34(30)41(39)33-20-10-12-24-11-4-5-15-27(24)33/h1-22,25,32,38-39H,23H2. The minimum atomic E-state index is 0.147. The molecule has 4 unspecified atom stereocenters. The average Bonchev–Trinajstić information content (AvgIpc) is 3.65. The van der Waals surface area contributed by atoms with Gasteiger partial charge in [0.25, 0.3) is 0 Å². The Bertz CT molecular complexity index is 2070. The van der Waals surface area contributed by atoms with E-state index in [1.54, 1.807) is 5.56 Å². The number of para-hydroxylation sites is 2. The maximum atomic E-state index is 2.68. The summed E-state index contributed by atoms with van der Waals surface area (Å²) in [7, 11) is 0. The maximum absolute atomic E-state index is 2.68. The van der Waals surface area contributed by atoms with Crippen molar-refractivity contribution in [2.45, 2.75) is 24.4 Å². The number of benzene rings is 6. The molecule has 2 aliphatic heterocycles. The second-order valence-corrected chi connectivity index (χ2v) is 12.0. The Morgan fingerprint density at radius 3 is 2.10 bits per heavy atom. The molecule has 6 aromatic rings. The molecule has 0 N–H and O–H groups in total. The molecule has 194 valence electrons. The summed E-state index contributed by atoms with van der Waals surface area (Å²) in [5, 5.41) is 5.43. The summed E-state index contributed by atoms with van der Waals surface area (Å²) < 4.78 is 0. The number of rotatable bonds is 2. The van der Waals surface area contributed by atoms with Crippen molar-refractivity contribution in [3.63, 3.8) is 0 Å². The molecule has 0 amide bonds. The molecule has 2 heterocycles. The van der Waals surface area contributed by atoms with Crippen LogP contribution in [0, 0.1) is 5.92 Å². The monoisotopic (exact) mass is 524 g/mol. The summed E-state index contributed by atoms with van der Waals surface area (Å²) in [5.41, 5.74) is 11.1. The number of hydrogen-bond acceptors (Lipinski definition) is 2. The van der Waals surface area contributed by atoms with Crippen molar-refractivity contribution in [3.8, 4) is 0 Å². The first kappa shape index (κ1) is 21.9. The molecule has 4 aliphatic rings. The first-order valence-electron chi connectivity index (χ1n) is 14.9. The molecular formula is C39H28N2. The lowest BCUT2D eigenvalue weighted by Crippen LogP contribution is -2.24. The van der Waals surface area contributed by atoms with E-state index in [1.165, 1.54) is 67.4 Å². The Kier molecular flexibility index (Phi) is 4.22. The number of hydrogen-bond donors (Lipinski definition) is 0. The molecule has 0 bridgehead atoms. The van der Waals surface area contributed by atoms with E-state index in [0.717, 1.165) is 0 Å². The largest absolute Gasteiger partial charge is 0.331 e. The molecule has 2 heteroatoms. The van der Waals surface area contributed by atoms with Crippen LogP contribution in [0.25, 0.3) is 27.6 Å². The van der Waals surface area contributed by atoms with Gasteiger partial charge in [-0.25, -0.2) is 0 Å². The Morgan fingerprint density at radius 2 is 1.22 bits per heavy atom. The van der Waals surface area contributed by atoms with Crippen LogP contribution in [-0.4, -0.2) is 0 Å². The Morgan fingerprint density at radius 1 is 0.537 bits per heavy atom. The van der Waals surface area contributed by atoms with Crippen LogP contribution >= 0.6 is 0 Å². The van der Waals surface area contributed by atoms with Crippen LogP contribution in [0.3, 0.4) is 0 Å². The smallest absolute Gasteiger partial charge is 0.0868 e. The van der Waals surface area contributed by atoms with Gasteiger partial charge in [-0.2, -0.15) is 0 Å². The van der Waals surface area contributed by atoms with Crippen molar-refractivity contribution in [1.82, 2.24) is 0 Å². The van der Waals surface area contributed by atoms with Crippen LogP contribution in [0.4, 0.5) is 22.7 Å². The van der Waals surface area contributed by atoms with Gasteiger partial charge in [0.15, 0.2) is 0 Å². The molecule has 10 rings (SSSR count). The Labute approximate surface area is 239 Å². The van der Waals surface area contributed by atoms with Gasteiger partial charge in [0, 0.05) is 39.1 Å². The van der Waals surface area contributed by atoms with E-state index in [4.69, 9.17) is 0 Å². The normalized spacial score (nSPS) is 22.8. The molecule has 0 aromatic heterocycles. The van der Waals surface area contributed by atoms with Crippen LogP contribution in [0.15, 0.2) is 127 Å². The molecule has 0 saturated heterocycles. The lowest BCUT2D eigenvalue weighted by molar-refractivity contribution is 0.637. The van der Waals surface area contributed by atoms with E-state index < -0.39 is 0 Å². The van der Waals surface area contributed by atoms with Gasteiger partial charge in [-0.1, -0.05) is 109 Å². The quantitative estimate of drug-likeness (QED) is 0.222. The lowest BCUT2D eigenvalue weighted by Gasteiger charge is -2.30. The molecule has 2 nitrogen and oxygen atoms in total. The van der Waals surface area contributed by atoms with Crippen LogP contribution in [0.2, 0.25) is 0 Å². The van der Waals surface area contributed by atoms with Gasteiger partial charge in [-0.3, -0.25) is 0 Å². The molecule has 4 atom stereocenters. The van der Waals surface area contributed by atoms with Gasteiger partial charge in [-0.15, -0.1) is 0 Å². The van der Waals surface area contributed by atoms with Crippen molar-refractivity contribution in [2.24, 2.45) is 5.92 Å². The van der Waals surface area contributed by atoms with E-state index >= 15 is 0 Å². The van der Waals surface area contributed by atoms with E-state index in [1.807, 2.05) is 0 Å². The van der Waals surface area contributed by atoms with Crippen molar-refractivity contribution in [1.29, 1.82) is 0 Å². The minimum absolute atomic E-state index is 0.147. The van der Waals surface area contributed by atoms with Gasteiger partial charge in [0.1, 0.15) is 0 Å². The second-order valence-electron chi connectivity index (χ2n) is 12.0. The Balaban J connectivity index is 1.35. The third-order valence-electron chi connectivity index (χ3n) is 10.00. The first-order valence-corrected chi connectivity index (χ1v) is 14.9. The fraction of sp³-hybridized carbons (Fsp3) is 0.128. The third-order valence-corrected chi connectivity index (χ3v) is 10.00. The molecule has 0 radical (unpaired) electrons. The van der Waals surface area contributed by atoms with E-state index in [0.29, 0.717) is 11.8 Å². The highest BCUT2D eigenvalue weighted by Gasteiger charge is 2.53. The fourth-order valence-corrected chi connectivity index (χ4v) is 8.31. The zero-order chi connectivity index (χ0) is 26.7. The van der Waals surface area contributed by atoms with Gasteiger partial charge in [-0.05, 0) is 64.2 Å². The topological polar surface area (TPSA) is 6.48 Å². The number of fused-ring (bicyclic) bond motifs is 13. The molecule has 1 saturated carbocycles. The van der Waals surface area contributed by atoms with Gasteiger partial charge >= 0.3 is 0 Å². The third kappa shape index (κ3) is 2.82. The fourth-order valence-electron chi connectivity index (χ4n) is 8.31. The molecule has 1 fully saturated rings. The summed E-state index contributed by atoms with van der Waals surface area (Å²) in [6.45, 7) is 0. The molecule has 2 aliphatic carbocycles. The Hall–Kier alpha value is -4.82. The average molecular weight is 525 g/mol. The summed E-state index contributed by atoms with van der Waals surface area (Å²) >= 11 is 0. The van der Waals surface area contributed by atoms with Gasteiger partial charge < -0.3 is 9.80 Å². The highest BCUT2D eigenvalue weighted by Crippen LogP contribution is 2.67. The summed E-state index contributed by atoms with van der Waals surface area (Å²) in [5.74, 6) is 1.34. The molecule has 6 aromatic carbocycles. The highest BCUT2D eigenvalue weighted by molar-refractivity contribution is 6.05. The van der Waals surface area contributed by atoms with Crippen LogP contribution < -0.4 is 9.80 Å². The first-order chi connectivity index (χ1) is 20.4. The summed E-state index contributed by atoms with van der Waals surface area (Å²) in [6, 6.07) is 45.4. The SMILES string of the molecule is C1=CC2CC2c2c1c1c(c3ccccc23)C2C(c3ccccc3N2c2cccc3ccccc23)N1c1ccccc1. The number of anilines is 4. The number of nitrogens with zero attached hydrogens (tertiary/aromatic N) is 2. The van der Waals surface area contributed by atoms with Gasteiger partial charge in [0.05, 0.1) is 17.8 Å². The zero-order valence-electron chi connectivity index (χ0n) is 22.6. The maximum Gasteiger partial charge on any atom is 0.0868 e. The molecule has 0 spiro atoms. The van der Waals surface area contributed by atoms with Crippen LogP contribution in [0.5, 0.6) is 0 Å². The summed E-state index contributed by atoms with van der Waals surface area (Å²) in [6.07, 6.45) is 6.21. The predicted octanol–water partition coefficient (Wildman–Crippen LogP) is 10.2. The van der Waals surface area contributed by atoms with Gasteiger partial charge in [0.2, 0.25) is 0 Å². The van der Waals surface area contributed by atoms with Crippen molar-refractivity contribution < 1.29 is 0 Å². The molecular weight excluding hydrogens is 496 g/mol.